The number of ketones is 3. The molecule has 32 heavy (non-hydrogen) atoms. The average Bonchev–Trinajstić information content (AvgIpc) is 3.12. The van der Waals surface area contributed by atoms with Crippen molar-refractivity contribution in [3.05, 3.63) is 101 Å². The van der Waals surface area contributed by atoms with Crippen molar-refractivity contribution in [2.75, 3.05) is 7.05 Å². The summed E-state index contributed by atoms with van der Waals surface area (Å²) in [5.41, 5.74) is -2.60. The lowest BCUT2D eigenvalue weighted by Crippen LogP contribution is -2.57. The maximum atomic E-state index is 13.4. The largest absolute Gasteiger partial charge is 0.372 e. The summed E-state index contributed by atoms with van der Waals surface area (Å²) in [4.78, 5) is 41.2. The summed E-state index contributed by atoms with van der Waals surface area (Å²) >= 11 is 0. The van der Waals surface area contributed by atoms with Crippen LogP contribution in [0.3, 0.4) is 0 Å². The van der Waals surface area contributed by atoms with E-state index < -0.39 is 28.7 Å². The van der Waals surface area contributed by atoms with E-state index in [1.807, 2.05) is 36.4 Å². The first-order valence-electron chi connectivity index (χ1n) is 10.2. The molecule has 2 atom stereocenters. The molecule has 6 nitrogen and oxygen atoms in total. The lowest BCUT2D eigenvalue weighted by molar-refractivity contribution is -0.159. The summed E-state index contributed by atoms with van der Waals surface area (Å²) in [6, 6.07) is 20.7. The van der Waals surface area contributed by atoms with Gasteiger partial charge in [0, 0.05) is 29.3 Å². The molecule has 156 valence electrons. The van der Waals surface area contributed by atoms with Gasteiger partial charge in [-0.2, -0.15) is 0 Å². The van der Waals surface area contributed by atoms with Gasteiger partial charge < -0.3 is 15.1 Å². The number of hydrogen-bond acceptors (Lipinski definition) is 6. The molecule has 2 N–H and O–H groups in total. The van der Waals surface area contributed by atoms with Crippen LogP contribution in [-0.4, -0.2) is 45.1 Å². The molecule has 0 spiro atoms. The van der Waals surface area contributed by atoms with Crippen LogP contribution in [0.2, 0.25) is 0 Å². The molecule has 1 aliphatic heterocycles. The second-order valence-corrected chi connectivity index (χ2v) is 8.29. The highest BCUT2D eigenvalue weighted by Crippen LogP contribution is 2.60. The molecule has 0 aromatic heterocycles. The van der Waals surface area contributed by atoms with Crippen LogP contribution in [0.25, 0.3) is 16.8 Å². The molecular weight excluding hydrogens is 406 g/mol. The van der Waals surface area contributed by atoms with Gasteiger partial charge in [0.05, 0.1) is 11.3 Å². The molecule has 0 fully saturated rings. The van der Waals surface area contributed by atoms with Crippen LogP contribution in [0.4, 0.5) is 0 Å². The van der Waals surface area contributed by atoms with Gasteiger partial charge in [0.15, 0.2) is 0 Å². The highest BCUT2D eigenvalue weighted by atomic mass is 16.4. The van der Waals surface area contributed by atoms with Crippen LogP contribution in [-0.2, 0) is 10.5 Å². The van der Waals surface area contributed by atoms with Gasteiger partial charge in [-0.15, -0.1) is 0 Å². The number of carbonyl (C=O) groups excluding carboxylic acids is 3. The zero-order valence-corrected chi connectivity index (χ0v) is 17.0. The Balaban J connectivity index is 1.73. The highest BCUT2D eigenvalue weighted by Gasteiger charge is 2.73. The Morgan fingerprint density at radius 1 is 0.719 bits per heavy atom. The Bertz CT molecular complexity index is 1420. The number of likely N-dealkylation sites (N-methyl/N-ethyl adjacent to an activating group) is 1. The summed E-state index contributed by atoms with van der Waals surface area (Å²) in [6.45, 7) is 0. The fourth-order valence-corrected chi connectivity index (χ4v) is 5.40. The summed E-state index contributed by atoms with van der Waals surface area (Å²) < 4.78 is 0. The first-order chi connectivity index (χ1) is 15.3. The Hall–Kier alpha value is -3.87. The number of rotatable bonds is 1. The average molecular weight is 423 g/mol. The second-order valence-electron chi connectivity index (χ2n) is 8.29. The number of fused-ring (bicyclic) bond motifs is 6. The zero-order chi connectivity index (χ0) is 22.4. The fraction of sp³-hybridized carbons (Fsp3) is 0.115. The first kappa shape index (κ1) is 18.9. The Labute approximate surface area is 183 Å². The monoisotopic (exact) mass is 423 g/mol. The Morgan fingerprint density at radius 2 is 1.34 bits per heavy atom. The third kappa shape index (κ3) is 1.86. The molecule has 0 saturated carbocycles. The van der Waals surface area contributed by atoms with Crippen molar-refractivity contribution in [1.82, 2.24) is 4.90 Å². The maximum absolute atomic E-state index is 13.4. The minimum absolute atomic E-state index is 0.123. The van der Waals surface area contributed by atoms with Crippen molar-refractivity contribution in [2.45, 2.75) is 11.3 Å². The highest BCUT2D eigenvalue weighted by molar-refractivity contribution is 6.54. The van der Waals surface area contributed by atoms with Crippen molar-refractivity contribution in [1.29, 1.82) is 0 Å². The predicted octanol–water partition coefficient (Wildman–Crippen LogP) is 2.55. The molecule has 6 heteroatoms. The third-order valence-corrected chi connectivity index (χ3v) is 6.86. The first-order valence-corrected chi connectivity index (χ1v) is 10.2. The normalized spacial score (nSPS) is 25.6. The van der Waals surface area contributed by atoms with Crippen LogP contribution in [0.15, 0.2) is 78.4 Å². The molecule has 1 heterocycles. The number of nitrogens with zero attached hydrogens (tertiary/aromatic N) is 1. The molecule has 3 aromatic rings. The molecule has 3 aromatic carbocycles. The van der Waals surface area contributed by atoms with E-state index in [0.717, 1.165) is 5.56 Å². The summed E-state index contributed by atoms with van der Waals surface area (Å²) in [7, 11) is 1.53. The minimum Gasteiger partial charge on any atom is -0.372 e. The smallest absolute Gasteiger partial charge is 0.235 e. The van der Waals surface area contributed by atoms with E-state index in [4.69, 9.17) is 0 Å². The van der Waals surface area contributed by atoms with Crippen molar-refractivity contribution in [3.63, 3.8) is 0 Å². The zero-order valence-electron chi connectivity index (χ0n) is 17.0. The van der Waals surface area contributed by atoms with Crippen molar-refractivity contribution in [3.8, 4) is 11.1 Å². The minimum atomic E-state index is -2.59. The molecule has 0 saturated heterocycles. The fourth-order valence-electron chi connectivity index (χ4n) is 5.40. The SMILES string of the molecule is CN1C2=C(C(=O)C(=O)c3cccc(-c4ccccc4)c32)C2(O)C(=O)c3ccccc3C12O. The van der Waals surface area contributed by atoms with E-state index in [1.165, 1.54) is 18.0 Å². The van der Waals surface area contributed by atoms with Gasteiger partial charge in [-0.1, -0.05) is 72.8 Å². The molecule has 0 amide bonds. The lowest BCUT2D eigenvalue weighted by Gasteiger charge is -2.38. The quantitative estimate of drug-likeness (QED) is 0.584. The van der Waals surface area contributed by atoms with Gasteiger partial charge >= 0.3 is 0 Å². The Kier molecular flexibility index (Phi) is 3.47. The van der Waals surface area contributed by atoms with E-state index in [0.29, 0.717) is 11.1 Å². The van der Waals surface area contributed by atoms with E-state index in [-0.39, 0.29) is 28.0 Å². The van der Waals surface area contributed by atoms with Crippen molar-refractivity contribution >= 4 is 23.0 Å². The van der Waals surface area contributed by atoms with Crippen LogP contribution >= 0.6 is 0 Å². The van der Waals surface area contributed by atoms with Gasteiger partial charge in [0.1, 0.15) is 0 Å². The number of aliphatic hydroxyl groups is 2. The molecule has 0 radical (unpaired) electrons. The summed E-state index contributed by atoms with van der Waals surface area (Å²) in [6.07, 6.45) is 0. The number of Topliss-reactive ketones (excluding diaryl/α,β-unsaturated/α-hetero) is 3. The lowest BCUT2D eigenvalue weighted by atomic mass is 9.76. The molecule has 0 bridgehead atoms. The van der Waals surface area contributed by atoms with Gasteiger partial charge in [0.25, 0.3) is 0 Å². The number of benzene rings is 3. The van der Waals surface area contributed by atoms with E-state index >= 15 is 0 Å². The van der Waals surface area contributed by atoms with Crippen LogP contribution < -0.4 is 0 Å². The van der Waals surface area contributed by atoms with Crippen molar-refractivity contribution < 1.29 is 24.6 Å². The molecule has 2 aliphatic carbocycles. The van der Waals surface area contributed by atoms with Gasteiger partial charge in [-0.05, 0) is 11.1 Å². The standard InChI is InChI=1S/C26H17NO5/c1-27-21-19-15(14-8-3-2-4-9-14)11-7-12-17(19)22(28)23(29)20(21)25(31)24(30)16-10-5-6-13-18(16)26(25,27)32/h2-13,31-32H,1H3. The van der Waals surface area contributed by atoms with E-state index in [2.05, 4.69) is 0 Å². The summed E-state index contributed by atoms with van der Waals surface area (Å²) in [5, 5.41) is 23.6. The van der Waals surface area contributed by atoms with Crippen LogP contribution in [0.5, 0.6) is 0 Å². The summed E-state index contributed by atoms with van der Waals surface area (Å²) in [5.74, 6) is -2.59. The predicted molar refractivity (Wildman–Crippen MR) is 116 cm³/mol. The van der Waals surface area contributed by atoms with Gasteiger partial charge in [0.2, 0.25) is 28.7 Å². The number of carbonyl (C=O) groups is 3. The second kappa shape index (κ2) is 5.88. The third-order valence-electron chi connectivity index (χ3n) is 6.86. The maximum Gasteiger partial charge on any atom is 0.235 e. The topological polar surface area (TPSA) is 94.9 Å². The molecular formula is C26H17NO5. The molecule has 3 aliphatic rings. The molecule has 6 rings (SSSR count). The van der Waals surface area contributed by atoms with Crippen LogP contribution in [0.1, 0.15) is 31.8 Å². The number of hydrogen-bond donors (Lipinski definition) is 2. The Morgan fingerprint density at radius 3 is 2.09 bits per heavy atom. The van der Waals surface area contributed by atoms with Crippen LogP contribution in [0, 0.1) is 0 Å². The van der Waals surface area contributed by atoms with E-state index in [1.54, 1.807) is 30.3 Å². The van der Waals surface area contributed by atoms with Gasteiger partial charge in [-0.25, -0.2) is 0 Å². The van der Waals surface area contributed by atoms with Crippen molar-refractivity contribution in [2.24, 2.45) is 0 Å². The molecule has 2 unspecified atom stereocenters. The van der Waals surface area contributed by atoms with E-state index in [9.17, 15) is 24.6 Å². The van der Waals surface area contributed by atoms with Gasteiger partial charge in [-0.3, -0.25) is 14.4 Å².